The molecule has 0 aliphatic rings. The minimum Gasteiger partial charge on any atom is -0.381 e. The van der Waals surface area contributed by atoms with E-state index in [0.29, 0.717) is 35.6 Å². The van der Waals surface area contributed by atoms with Crippen LogP contribution >= 0.6 is 35.6 Å². The fourth-order valence-corrected chi connectivity index (χ4v) is 2.41. The van der Waals surface area contributed by atoms with Crippen molar-refractivity contribution in [2.45, 2.75) is 26.7 Å². The minimum absolute atomic E-state index is 0. The van der Waals surface area contributed by atoms with Crippen LogP contribution in [-0.2, 0) is 11.2 Å². The highest BCUT2D eigenvalue weighted by Gasteiger charge is 2.08. The fraction of sp³-hybridized carbons (Fsp3) is 0.526. The SMILES string of the molecule is CN=C(NCCCOCC(C)C)NCCc1nc(-c2ccc(Cl)cc2)no1.I. The molecule has 1 heterocycles. The first-order valence-electron chi connectivity index (χ1n) is 9.19. The summed E-state index contributed by atoms with van der Waals surface area (Å²) in [6.07, 6.45) is 1.54. The molecule has 0 saturated carbocycles. The first-order valence-corrected chi connectivity index (χ1v) is 9.57. The number of halogens is 2. The number of rotatable bonds is 10. The van der Waals surface area contributed by atoms with Crippen LogP contribution in [0.4, 0.5) is 0 Å². The Bertz CT molecular complexity index is 707. The maximum atomic E-state index is 5.89. The van der Waals surface area contributed by atoms with E-state index in [9.17, 15) is 0 Å². The Hall–Kier alpha value is -1.39. The summed E-state index contributed by atoms with van der Waals surface area (Å²) in [7, 11) is 1.75. The molecule has 0 aliphatic heterocycles. The summed E-state index contributed by atoms with van der Waals surface area (Å²) >= 11 is 5.89. The van der Waals surface area contributed by atoms with Crippen LogP contribution in [-0.4, -0.2) is 49.5 Å². The van der Waals surface area contributed by atoms with E-state index in [-0.39, 0.29) is 24.0 Å². The molecule has 0 unspecified atom stereocenters. The number of guanidine groups is 1. The van der Waals surface area contributed by atoms with Gasteiger partial charge in [-0.15, -0.1) is 24.0 Å². The molecule has 0 spiro atoms. The van der Waals surface area contributed by atoms with Crippen molar-refractivity contribution in [1.29, 1.82) is 0 Å². The standard InChI is InChI=1S/C19H28ClN5O2.HI/c1-14(2)13-26-12-4-10-22-19(21-3)23-11-9-17-24-18(25-27-17)15-5-7-16(20)8-6-15;/h5-8,14H,4,9-13H2,1-3H3,(H2,21,22,23);1H. The quantitative estimate of drug-likeness (QED) is 0.214. The molecule has 156 valence electrons. The van der Waals surface area contributed by atoms with Gasteiger partial charge in [-0.1, -0.05) is 30.6 Å². The van der Waals surface area contributed by atoms with Gasteiger partial charge in [0.1, 0.15) is 0 Å². The molecule has 7 nitrogen and oxygen atoms in total. The van der Waals surface area contributed by atoms with Gasteiger partial charge in [0.2, 0.25) is 11.7 Å². The number of nitrogens with one attached hydrogen (secondary N) is 2. The van der Waals surface area contributed by atoms with Gasteiger partial charge < -0.3 is 19.9 Å². The number of hydrogen-bond donors (Lipinski definition) is 2. The Labute approximate surface area is 188 Å². The first kappa shape index (κ1) is 24.6. The van der Waals surface area contributed by atoms with E-state index in [1.54, 1.807) is 19.2 Å². The van der Waals surface area contributed by atoms with E-state index in [1.807, 2.05) is 12.1 Å². The number of ether oxygens (including phenoxy) is 1. The maximum Gasteiger partial charge on any atom is 0.228 e. The highest BCUT2D eigenvalue weighted by molar-refractivity contribution is 14.0. The van der Waals surface area contributed by atoms with Gasteiger partial charge in [0.25, 0.3) is 0 Å². The molecule has 1 aromatic heterocycles. The molecule has 2 aromatic rings. The second-order valence-corrected chi connectivity index (χ2v) is 6.95. The lowest BCUT2D eigenvalue weighted by molar-refractivity contribution is 0.108. The van der Waals surface area contributed by atoms with Crippen LogP contribution in [0.5, 0.6) is 0 Å². The zero-order valence-electron chi connectivity index (χ0n) is 16.6. The lowest BCUT2D eigenvalue weighted by Gasteiger charge is -2.11. The normalized spacial score (nSPS) is 11.4. The third-order valence-corrected chi connectivity index (χ3v) is 3.89. The average Bonchev–Trinajstić information content (AvgIpc) is 3.12. The summed E-state index contributed by atoms with van der Waals surface area (Å²) in [5.41, 5.74) is 0.875. The highest BCUT2D eigenvalue weighted by atomic mass is 127. The third kappa shape index (κ3) is 9.20. The van der Waals surface area contributed by atoms with Crippen molar-refractivity contribution in [3.8, 4) is 11.4 Å². The van der Waals surface area contributed by atoms with Gasteiger partial charge in [0, 0.05) is 50.4 Å². The highest BCUT2D eigenvalue weighted by Crippen LogP contribution is 2.18. The van der Waals surface area contributed by atoms with Crippen molar-refractivity contribution in [3.63, 3.8) is 0 Å². The van der Waals surface area contributed by atoms with Gasteiger partial charge in [-0.05, 0) is 36.6 Å². The van der Waals surface area contributed by atoms with Crippen LogP contribution in [0.1, 0.15) is 26.2 Å². The van der Waals surface area contributed by atoms with E-state index in [2.05, 4.69) is 39.6 Å². The molecule has 0 aliphatic carbocycles. The fourth-order valence-electron chi connectivity index (χ4n) is 2.28. The summed E-state index contributed by atoms with van der Waals surface area (Å²) < 4.78 is 10.9. The Morgan fingerprint density at radius 1 is 1.21 bits per heavy atom. The molecular formula is C19H29ClIN5O2. The van der Waals surface area contributed by atoms with Crippen LogP contribution in [0.15, 0.2) is 33.8 Å². The molecule has 0 fully saturated rings. The lowest BCUT2D eigenvalue weighted by atomic mass is 10.2. The zero-order valence-corrected chi connectivity index (χ0v) is 19.7. The van der Waals surface area contributed by atoms with E-state index in [1.165, 1.54) is 0 Å². The van der Waals surface area contributed by atoms with Crippen LogP contribution in [0.25, 0.3) is 11.4 Å². The van der Waals surface area contributed by atoms with Gasteiger partial charge in [-0.2, -0.15) is 4.98 Å². The molecular weight excluding hydrogens is 493 g/mol. The number of nitrogens with zero attached hydrogens (tertiary/aromatic N) is 3. The van der Waals surface area contributed by atoms with E-state index < -0.39 is 0 Å². The van der Waals surface area contributed by atoms with E-state index >= 15 is 0 Å². The summed E-state index contributed by atoms with van der Waals surface area (Å²) in [5, 5.41) is 11.2. The molecule has 0 radical (unpaired) electrons. The van der Waals surface area contributed by atoms with E-state index in [0.717, 1.165) is 37.7 Å². The number of benzene rings is 1. The molecule has 2 rings (SSSR count). The molecule has 28 heavy (non-hydrogen) atoms. The minimum atomic E-state index is 0. The van der Waals surface area contributed by atoms with Gasteiger partial charge in [0.05, 0.1) is 0 Å². The third-order valence-electron chi connectivity index (χ3n) is 3.63. The van der Waals surface area contributed by atoms with Crippen LogP contribution < -0.4 is 10.6 Å². The Balaban J connectivity index is 0.00000392. The summed E-state index contributed by atoms with van der Waals surface area (Å²) in [6.45, 7) is 7.29. The van der Waals surface area contributed by atoms with Crippen LogP contribution in [0.2, 0.25) is 5.02 Å². The number of aliphatic imine (C=N–C) groups is 1. The van der Waals surface area contributed by atoms with Crippen molar-refractivity contribution < 1.29 is 9.26 Å². The molecule has 2 N–H and O–H groups in total. The van der Waals surface area contributed by atoms with Crippen LogP contribution in [0.3, 0.4) is 0 Å². The summed E-state index contributed by atoms with van der Waals surface area (Å²) in [4.78, 5) is 8.61. The lowest BCUT2D eigenvalue weighted by Crippen LogP contribution is -2.39. The first-order chi connectivity index (χ1) is 13.1. The van der Waals surface area contributed by atoms with Crippen molar-refractivity contribution >= 4 is 41.5 Å². The summed E-state index contributed by atoms with van der Waals surface area (Å²) in [6, 6.07) is 7.34. The second-order valence-electron chi connectivity index (χ2n) is 6.52. The predicted octanol–water partition coefficient (Wildman–Crippen LogP) is 3.78. The molecule has 9 heteroatoms. The second kappa shape index (κ2) is 13.7. The van der Waals surface area contributed by atoms with Crippen molar-refractivity contribution in [2.75, 3.05) is 33.4 Å². The largest absolute Gasteiger partial charge is 0.381 e. The molecule has 0 atom stereocenters. The van der Waals surface area contributed by atoms with Gasteiger partial charge in [-0.3, -0.25) is 4.99 Å². The Kier molecular flexibility index (Phi) is 12.1. The topological polar surface area (TPSA) is 84.6 Å². The zero-order chi connectivity index (χ0) is 19.5. The number of aromatic nitrogens is 2. The van der Waals surface area contributed by atoms with Gasteiger partial charge in [-0.25, -0.2) is 0 Å². The van der Waals surface area contributed by atoms with Crippen LogP contribution in [0, 0.1) is 5.92 Å². The molecule has 1 aromatic carbocycles. The molecule has 0 bridgehead atoms. The molecule has 0 amide bonds. The van der Waals surface area contributed by atoms with Gasteiger partial charge in [0.15, 0.2) is 5.96 Å². The Morgan fingerprint density at radius 2 is 1.93 bits per heavy atom. The smallest absolute Gasteiger partial charge is 0.228 e. The average molecular weight is 522 g/mol. The predicted molar refractivity (Wildman–Crippen MR) is 124 cm³/mol. The monoisotopic (exact) mass is 521 g/mol. The van der Waals surface area contributed by atoms with Crippen molar-refractivity contribution in [1.82, 2.24) is 20.8 Å². The van der Waals surface area contributed by atoms with Crippen molar-refractivity contribution in [2.24, 2.45) is 10.9 Å². The number of hydrogen-bond acceptors (Lipinski definition) is 5. The Morgan fingerprint density at radius 3 is 2.61 bits per heavy atom. The summed E-state index contributed by atoms with van der Waals surface area (Å²) in [5.74, 6) is 2.45. The molecule has 0 saturated heterocycles. The van der Waals surface area contributed by atoms with Gasteiger partial charge >= 0.3 is 0 Å². The maximum absolute atomic E-state index is 5.89. The van der Waals surface area contributed by atoms with Crippen molar-refractivity contribution in [3.05, 3.63) is 35.2 Å². The van der Waals surface area contributed by atoms with E-state index in [4.69, 9.17) is 20.9 Å².